The molecule has 30 heavy (non-hydrogen) atoms. The van der Waals surface area contributed by atoms with Crippen molar-refractivity contribution in [1.82, 2.24) is 25.1 Å². The minimum Gasteiger partial charge on any atom is -0.383 e. The van der Waals surface area contributed by atoms with Crippen LogP contribution in [0.15, 0.2) is 48.5 Å². The van der Waals surface area contributed by atoms with E-state index in [1.54, 1.807) is 17.9 Å². The third-order valence-electron chi connectivity index (χ3n) is 5.38. The van der Waals surface area contributed by atoms with Crippen molar-refractivity contribution in [3.63, 3.8) is 0 Å². The quantitative estimate of drug-likeness (QED) is 0.574. The van der Waals surface area contributed by atoms with Crippen molar-refractivity contribution < 1.29 is 9.13 Å². The number of rotatable bonds is 7. The molecule has 1 aliphatic rings. The molecule has 1 saturated heterocycles. The van der Waals surface area contributed by atoms with Gasteiger partial charge in [-0.05, 0) is 34.2 Å². The van der Waals surface area contributed by atoms with Crippen LogP contribution in [0, 0.1) is 5.82 Å². The maximum absolute atomic E-state index is 14.2. The van der Waals surface area contributed by atoms with Crippen molar-refractivity contribution in [1.29, 1.82) is 0 Å². The van der Waals surface area contributed by atoms with Crippen molar-refractivity contribution in [3.05, 3.63) is 70.8 Å². The fourth-order valence-corrected chi connectivity index (χ4v) is 4.11. The average molecular weight is 431 g/mol. The monoisotopic (exact) mass is 430 g/mol. The molecule has 0 radical (unpaired) electrons. The molecule has 7 nitrogen and oxygen atoms in total. The molecule has 1 aromatic heterocycles. The largest absolute Gasteiger partial charge is 0.383 e. The van der Waals surface area contributed by atoms with Crippen LogP contribution in [0.1, 0.15) is 17.4 Å². The number of tetrazole rings is 1. The van der Waals surface area contributed by atoms with E-state index < -0.39 is 0 Å². The molecule has 0 aliphatic carbocycles. The Labute approximate surface area is 180 Å². The summed E-state index contributed by atoms with van der Waals surface area (Å²) in [7, 11) is 1.65. The zero-order valence-electron chi connectivity index (χ0n) is 16.8. The van der Waals surface area contributed by atoms with Crippen molar-refractivity contribution in [2.45, 2.75) is 12.6 Å². The van der Waals surface area contributed by atoms with Crippen molar-refractivity contribution in [3.8, 4) is 0 Å². The summed E-state index contributed by atoms with van der Waals surface area (Å²) in [5.74, 6) is 0.525. The van der Waals surface area contributed by atoms with Crippen LogP contribution in [0.4, 0.5) is 10.1 Å². The maximum atomic E-state index is 14.2. The molecule has 0 spiro atoms. The maximum Gasteiger partial charge on any atom is 0.173 e. The van der Waals surface area contributed by atoms with E-state index in [9.17, 15) is 4.39 Å². The van der Waals surface area contributed by atoms with Crippen LogP contribution in [0.25, 0.3) is 0 Å². The molecule has 1 atom stereocenters. The Kier molecular flexibility index (Phi) is 6.56. The smallest absolute Gasteiger partial charge is 0.173 e. The van der Waals surface area contributed by atoms with Crippen molar-refractivity contribution in [2.75, 3.05) is 44.8 Å². The standard InChI is InChI=1S/C21H24ClFN6O/c1-30-15-14-29-21(24-25-26-29)20(16-6-2-3-7-17(16)22)28-12-10-27(11-13-28)19-9-5-4-8-18(19)23/h2-9,20H,10-15H2,1H3/t20-/m1/s1. The Bertz CT molecular complexity index is 975. The van der Waals surface area contributed by atoms with Crippen LogP contribution >= 0.6 is 11.6 Å². The summed E-state index contributed by atoms with van der Waals surface area (Å²) in [6, 6.07) is 14.5. The summed E-state index contributed by atoms with van der Waals surface area (Å²) in [5.41, 5.74) is 1.59. The molecule has 2 aromatic carbocycles. The summed E-state index contributed by atoms with van der Waals surface area (Å²) < 4.78 is 21.2. The van der Waals surface area contributed by atoms with Gasteiger partial charge in [-0.1, -0.05) is 41.9 Å². The molecule has 3 aromatic rings. The molecule has 2 heterocycles. The fraction of sp³-hybridized carbons (Fsp3) is 0.381. The van der Waals surface area contributed by atoms with Gasteiger partial charge in [0.1, 0.15) is 5.82 Å². The van der Waals surface area contributed by atoms with E-state index >= 15 is 0 Å². The summed E-state index contributed by atoms with van der Waals surface area (Å²) in [6.07, 6.45) is 0. The molecule has 0 bridgehead atoms. The van der Waals surface area contributed by atoms with Gasteiger partial charge in [0.05, 0.1) is 24.9 Å². The van der Waals surface area contributed by atoms with Crippen LogP contribution in [0.2, 0.25) is 5.02 Å². The van der Waals surface area contributed by atoms with Crippen LogP contribution in [-0.2, 0) is 11.3 Å². The van der Waals surface area contributed by atoms with Gasteiger partial charge < -0.3 is 9.64 Å². The van der Waals surface area contributed by atoms with Crippen LogP contribution in [0.3, 0.4) is 0 Å². The van der Waals surface area contributed by atoms with Gasteiger partial charge in [0.25, 0.3) is 0 Å². The zero-order valence-corrected chi connectivity index (χ0v) is 17.5. The number of methoxy groups -OCH3 is 1. The van der Waals surface area contributed by atoms with Crippen LogP contribution in [0.5, 0.6) is 0 Å². The third kappa shape index (κ3) is 4.30. The molecule has 1 aliphatic heterocycles. The molecule has 0 amide bonds. The fourth-order valence-electron chi connectivity index (χ4n) is 3.87. The van der Waals surface area contributed by atoms with Gasteiger partial charge in [0.2, 0.25) is 0 Å². The molecule has 0 saturated carbocycles. The van der Waals surface area contributed by atoms with E-state index in [0.29, 0.717) is 37.0 Å². The topological polar surface area (TPSA) is 59.3 Å². The van der Waals surface area contributed by atoms with Crippen LogP contribution in [-0.4, -0.2) is 65.0 Å². The number of hydrogen-bond donors (Lipinski definition) is 0. The summed E-state index contributed by atoms with van der Waals surface area (Å²) in [4.78, 5) is 4.37. The predicted molar refractivity (Wildman–Crippen MR) is 113 cm³/mol. The third-order valence-corrected chi connectivity index (χ3v) is 5.73. The Morgan fingerprint density at radius 1 is 1.07 bits per heavy atom. The lowest BCUT2D eigenvalue weighted by atomic mass is 10.0. The number of piperazine rings is 1. The number of aromatic nitrogens is 4. The highest BCUT2D eigenvalue weighted by Crippen LogP contribution is 2.33. The Morgan fingerprint density at radius 3 is 2.53 bits per heavy atom. The van der Waals surface area contributed by atoms with Gasteiger partial charge in [-0.3, -0.25) is 4.90 Å². The van der Waals surface area contributed by atoms with Gasteiger partial charge in [-0.15, -0.1) is 5.10 Å². The zero-order chi connectivity index (χ0) is 20.9. The lowest BCUT2D eigenvalue weighted by Crippen LogP contribution is -2.48. The Balaban J connectivity index is 1.61. The van der Waals surface area contributed by atoms with E-state index in [4.69, 9.17) is 16.3 Å². The van der Waals surface area contributed by atoms with Gasteiger partial charge in [0.15, 0.2) is 5.82 Å². The Morgan fingerprint density at radius 2 is 1.80 bits per heavy atom. The molecular weight excluding hydrogens is 407 g/mol. The molecule has 158 valence electrons. The molecular formula is C21H24ClFN6O. The SMILES string of the molecule is COCCn1nnnc1[C@@H](c1ccccc1Cl)N1CCN(c2ccccc2F)CC1. The number of benzene rings is 2. The van der Waals surface area contributed by atoms with Crippen LogP contribution < -0.4 is 4.90 Å². The molecule has 9 heteroatoms. The number of nitrogens with zero attached hydrogens (tertiary/aromatic N) is 6. The van der Waals surface area contributed by atoms with Gasteiger partial charge in [0, 0.05) is 38.3 Å². The summed E-state index contributed by atoms with van der Waals surface area (Å²) in [6.45, 7) is 3.90. The molecule has 4 rings (SSSR count). The highest BCUT2D eigenvalue weighted by Gasteiger charge is 2.32. The average Bonchev–Trinajstić information content (AvgIpc) is 3.23. The molecule has 1 fully saturated rings. The normalized spacial score (nSPS) is 16.0. The van der Waals surface area contributed by atoms with Crippen molar-refractivity contribution >= 4 is 17.3 Å². The minimum absolute atomic E-state index is 0.197. The van der Waals surface area contributed by atoms with E-state index in [0.717, 1.165) is 24.5 Å². The van der Waals surface area contributed by atoms with E-state index in [1.807, 2.05) is 36.4 Å². The lowest BCUT2D eigenvalue weighted by molar-refractivity contribution is 0.171. The first-order chi connectivity index (χ1) is 14.7. The lowest BCUT2D eigenvalue weighted by Gasteiger charge is -2.40. The number of halogens is 2. The first kappa shape index (κ1) is 20.7. The van der Waals surface area contributed by atoms with Gasteiger partial charge in [-0.25, -0.2) is 9.07 Å². The highest BCUT2D eigenvalue weighted by atomic mass is 35.5. The first-order valence-electron chi connectivity index (χ1n) is 9.92. The van der Waals surface area contributed by atoms with E-state index in [1.165, 1.54) is 6.07 Å². The second-order valence-electron chi connectivity index (χ2n) is 7.15. The predicted octanol–water partition coefficient (Wildman–Crippen LogP) is 3.02. The summed E-state index contributed by atoms with van der Waals surface area (Å²) >= 11 is 6.57. The van der Waals surface area contributed by atoms with Crippen molar-refractivity contribution in [2.24, 2.45) is 0 Å². The number of hydrogen-bond acceptors (Lipinski definition) is 6. The van der Waals surface area contributed by atoms with E-state index in [-0.39, 0.29) is 11.9 Å². The molecule has 0 unspecified atom stereocenters. The number of anilines is 1. The van der Waals surface area contributed by atoms with Gasteiger partial charge >= 0.3 is 0 Å². The highest BCUT2D eigenvalue weighted by molar-refractivity contribution is 6.31. The summed E-state index contributed by atoms with van der Waals surface area (Å²) in [5, 5.41) is 13.0. The second kappa shape index (κ2) is 9.51. The second-order valence-corrected chi connectivity index (χ2v) is 7.56. The minimum atomic E-state index is -0.201. The Hall–Kier alpha value is -2.55. The number of para-hydroxylation sites is 1. The van der Waals surface area contributed by atoms with Gasteiger partial charge in [-0.2, -0.15) is 0 Å². The van der Waals surface area contributed by atoms with E-state index in [2.05, 4.69) is 25.3 Å². The molecule has 0 N–H and O–H groups in total. The number of ether oxygens (including phenoxy) is 1. The first-order valence-corrected chi connectivity index (χ1v) is 10.3.